The fourth-order valence-electron chi connectivity index (χ4n) is 6.99. The topological polar surface area (TPSA) is 67.8 Å². The third kappa shape index (κ3) is 4.68. The number of benzene rings is 4. The molecular weight excluding hydrogens is 519 g/mol. The average molecular weight is 555 g/mol. The van der Waals surface area contributed by atoms with E-state index in [-0.39, 0.29) is 5.97 Å². The molecule has 0 spiro atoms. The summed E-state index contributed by atoms with van der Waals surface area (Å²) in [5.74, 6) is 1.62. The summed E-state index contributed by atoms with van der Waals surface area (Å²) in [4.78, 5) is 11.6. The minimum Gasteiger partial charge on any atom is -0.469 e. The van der Waals surface area contributed by atoms with Crippen molar-refractivity contribution in [2.24, 2.45) is 17.8 Å². The number of carbonyl (C=O) groups is 1. The van der Waals surface area contributed by atoms with E-state index in [4.69, 9.17) is 13.1 Å². The second-order valence-electron chi connectivity index (χ2n) is 11.3. The number of hydrogen-bond acceptors (Lipinski definition) is 6. The van der Waals surface area contributed by atoms with Gasteiger partial charge in [-0.3, -0.25) is 4.79 Å². The first-order chi connectivity index (χ1) is 19.7. The summed E-state index contributed by atoms with van der Waals surface area (Å²) in [6.07, 6.45) is 3.63. The second kappa shape index (κ2) is 10.9. The SMILES string of the molecule is COC(=O)CCCCC1C2CNCC1CN(p1oc3ccc4ccccc4c3c3c(ccc4ccccc43)o1)C2. The lowest BCUT2D eigenvalue weighted by molar-refractivity contribution is -0.140. The quantitative estimate of drug-likeness (QED) is 0.171. The first-order valence-electron chi connectivity index (χ1n) is 14.4. The minimum atomic E-state index is -1.33. The highest BCUT2D eigenvalue weighted by Crippen LogP contribution is 2.45. The van der Waals surface area contributed by atoms with Crippen LogP contribution in [0.4, 0.5) is 0 Å². The van der Waals surface area contributed by atoms with Crippen LogP contribution >= 0.6 is 8.16 Å². The van der Waals surface area contributed by atoms with E-state index in [9.17, 15) is 4.79 Å². The van der Waals surface area contributed by atoms with Crippen molar-refractivity contribution in [2.45, 2.75) is 25.7 Å². The molecule has 1 N–H and O–H groups in total. The van der Waals surface area contributed by atoms with Gasteiger partial charge in [0, 0.05) is 30.3 Å². The Kier molecular flexibility index (Phi) is 7.01. The summed E-state index contributed by atoms with van der Waals surface area (Å²) in [5, 5.41) is 10.7. The summed E-state index contributed by atoms with van der Waals surface area (Å²) < 4.78 is 21.0. The highest BCUT2D eigenvalue weighted by atomic mass is 31.1. The van der Waals surface area contributed by atoms with Crippen LogP contribution in [-0.4, -0.2) is 39.3 Å². The molecule has 2 atom stereocenters. The highest BCUT2D eigenvalue weighted by Gasteiger charge is 2.40. The zero-order valence-corrected chi connectivity index (χ0v) is 23.7. The molecule has 0 amide bonds. The monoisotopic (exact) mass is 554 g/mol. The first-order valence-corrected chi connectivity index (χ1v) is 15.5. The van der Waals surface area contributed by atoms with Crippen LogP contribution in [0.3, 0.4) is 0 Å². The molecule has 4 aromatic carbocycles. The van der Waals surface area contributed by atoms with Crippen molar-refractivity contribution in [3.8, 4) is 0 Å². The molecule has 0 aliphatic carbocycles. The molecule has 0 saturated carbocycles. The maximum absolute atomic E-state index is 11.6. The minimum absolute atomic E-state index is 0.108. The molecule has 5 aromatic rings. The Bertz CT molecular complexity index is 1640. The van der Waals surface area contributed by atoms with Crippen LogP contribution in [0.2, 0.25) is 0 Å². The lowest BCUT2D eigenvalue weighted by Gasteiger charge is -2.46. The normalized spacial score (nSPS) is 21.3. The summed E-state index contributed by atoms with van der Waals surface area (Å²) in [6.45, 7) is 3.92. The van der Waals surface area contributed by atoms with Crippen molar-refractivity contribution in [1.29, 1.82) is 0 Å². The molecule has 3 heterocycles. The number of fused-ring (bicyclic) bond motifs is 9. The van der Waals surface area contributed by atoms with Crippen molar-refractivity contribution < 1.29 is 17.9 Å². The Hall–Kier alpha value is -3.31. The number of ether oxygens (including phenoxy) is 1. The smallest absolute Gasteiger partial charge is 0.309 e. The molecule has 0 radical (unpaired) electrons. The molecule has 7 heteroatoms. The molecule has 40 heavy (non-hydrogen) atoms. The molecule has 206 valence electrons. The molecule has 2 aliphatic heterocycles. The molecule has 2 aliphatic rings. The van der Waals surface area contributed by atoms with Gasteiger partial charge in [0.15, 0.2) is 0 Å². The second-order valence-corrected chi connectivity index (χ2v) is 12.7. The Labute approximate surface area is 234 Å². The lowest BCUT2D eigenvalue weighted by atomic mass is 9.73. The van der Waals surface area contributed by atoms with Crippen molar-refractivity contribution in [3.63, 3.8) is 0 Å². The molecular formula is C33H35N2O4P. The van der Waals surface area contributed by atoms with Crippen LogP contribution in [0.1, 0.15) is 25.7 Å². The van der Waals surface area contributed by atoms with Gasteiger partial charge in [0.2, 0.25) is 0 Å². The Morgan fingerprint density at radius 1 is 0.850 bits per heavy atom. The number of piperidine rings is 2. The lowest BCUT2D eigenvalue weighted by Crippen LogP contribution is -2.55. The van der Waals surface area contributed by atoms with Gasteiger partial charge < -0.3 is 18.4 Å². The Morgan fingerprint density at radius 3 is 2.00 bits per heavy atom. The fraction of sp³-hybridized carbons (Fsp3) is 0.364. The number of nitrogens with one attached hydrogen (secondary N) is 1. The maximum Gasteiger partial charge on any atom is 0.309 e. The average Bonchev–Trinajstić information content (AvgIpc) is 3.16. The fourth-order valence-corrected chi connectivity index (χ4v) is 8.58. The van der Waals surface area contributed by atoms with Gasteiger partial charge in [0.25, 0.3) is 0 Å². The summed E-state index contributed by atoms with van der Waals surface area (Å²) in [5.41, 5.74) is 1.79. The van der Waals surface area contributed by atoms with Gasteiger partial charge in [0.05, 0.1) is 7.11 Å². The van der Waals surface area contributed by atoms with E-state index in [0.29, 0.717) is 24.2 Å². The number of unbranched alkanes of at least 4 members (excludes halogenated alkanes) is 1. The van der Waals surface area contributed by atoms with E-state index < -0.39 is 8.16 Å². The van der Waals surface area contributed by atoms with Crippen molar-refractivity contribution >= 4 is 57.6 Å². The van der Waals surface area contributed by atoms with Gasteiger partial charge in [-0.2, -0.15) is 0 Å². The molecule has 2 bridgehead atoms. The number of esters is 1. The van der Waals surface area contributed by atoms with Gasteiger partial charge in [0.1, 0.15) is 11.2 Å². The zero-order chi connectivity index (χ0) is 27.1. The molecule has 1 aromatic heterocycles. The van der Waals surface area contributed by atoms with E-state index in [1.807, 2.05) is 0 Å². The number of rotatable bonds is 6. The van der Waals surface area contributed by atoms with E-state index >= 15 is 0 Å². The van der Waals surface area contributed by atoms with Gasteiger partial charge in [-0.1, -0.05) is 67.1 Å². The summed E-state index contributed by atoms with van der Waals surface area (Å²) in [7, 11) is 0.140. The van der Waals surface area contributed by atoms with Crippen LogP contribution in [0.15, 0.2) is 81.2 Å². The van der Waals surface area contributed by atoms with E-state index in [2.05, 4.69) is 82.8 Å². The molecule has 2 saturated heterocycles. The summed E-state index contributed by atoms with van der Waals surface area (Å²) in [6, 6.07) is 25.7. The molecule has 6 nitrogen and oxygen atoms in total. The van der Waals surface area contributed by atoms with Gasteiger partial charge in [-0.25, -0.2) is 4.67 Å². The standard InChI is InChI=1S/C33H35N2O4P/c1-37-31(36)13-7-6-10-26-24-18-34-19-25(26)21-35(20-24)40-38-29-16-14-22-8-2-4-11-27(22)32(29)33-28-12-5-3-9-23(28)15-17-30(33)39-40/h2-5,8-9,11-12,14-17,24-26,34H,6-7,10,13,18-21H2,1H3. The first kappa shape index (κ1) is 25.6. The van der Waals surface area contributed by atoms with E-state index in [1.54, 1.807) is 0 Å². The molecule has 2 fully saturated rings. The van der Waals surface area contributed by atoms with Crippen LogP contribution in [0, 0.1) is 17.8 Å². The number of methoxy groups -OCH3 is 1. The van der Waals surface area contributed by atoms with Gasteiger partial charge in [-0.15, -0.1) is 0 Å². The number of nitrogens with zero attached hydrogens (tertiary/aromatic N) is 1. The number of hydrogen-bond donors (Lipinski definition) is 1. The Balaban J connectivity index is 1.30. The van der Waals surface area contributed by atoms with Crippen molar-refractivity contribution in [3.05, 3.63) is 72.8 Å². The number of carbonyl (C=O) groups excluding carboxylic acids is 1. The van der Waals surface area contributed by atoms with E-state index in [1.165, 1.54) is 28.7 Å². The molecule has 7 rings (SSSR count). The van der Waals surface area contributed by atoms with Gasteiger partial charge >= 0.3 is 14.1 Å². The van der Waals surface area contributed by atoms with E-state index in [0.717, 1.165) is 67.4 Å². The van der Waals surface area contributed by atoms with Crippen molar-refractivity contribution in [1.82, 2.24) is 5.32 Å². The highest BCUT2D eigenvalue weighted by molar-refractivity contribution is 7.39. The third-order valence-electron chi connectivity index (χ3n) is 8.93. The van der Waals surface area contributed by atoms with Crippen LogP contribution in [-0.2, 0) is 9.53 Å². The third-order valence-corrected chi connectivity index (χ3v) is 10.4. The van der Waals surface area contributed by atoms with Crippen LogP contribution in [0.5, 0.6) is 0 Å². The largest absolute Gasteiger partial charge is 0.469 e. The maximum atomic E-state index is 11.6. The predicted molar refractivity (Wildman–Crippen MR) is 163 cm³/mol. The predicted octanol–water partition coefficient (Wildman–Crippen LogP) is 7.73. The zero-order valence-electron chi connectivity index (χ0n) is 22.8. The summed E-state index contributed by atoms with van der Waals surface area (Å²) >= 11 is 0. The van der Waals surface area contributed by atoms with Crippen LogP contribution in [0.25, 0.3) is 43.5 Å². The molecule has 2 unspecified atom stereocenters. The Morgan fingerprint density at radius 2 is 1.43 bits per heavy atom. The van der Waals surface area contributed by atoms with Gasteiger partial charge in [-0.05, 0) is 77.4 Å². The van der Waals surface area contributed by atoms with Crippen molar-refractivity contribution in [2.75, 3.05) is 38.0 Å². The van der Waals surface area contributed by atoms with Crippen LogP contribution < -0.4 is 9.99 Å².